The number of anilines is 1. The number of hydrazone groups is 1. The molecule has 0 bridgehead atoms. The lowest BCUT2D eigenvalue weighted by Crippen LogP contribution is -1.99. The predicted molar refractivity (Wildman–Crippen MR) is 119 cm³/mol. The molecule has 3 aromatic carbocycles. The van der Waals surface area contributed by atoms with Gasteiger partial charge in [-0.05, 0) is 42.0 Å². The molecule has 0 aliphatic heterocycles. The van der Waals surface area contributed by atoms with Crippen LogP contribution in [0.2, 0.25) is 0 Å². The summed E-state index contributed by atoms with van der Waals surface area (Å²) in [7, 11) is 1.63. The highest BCUT2D eigenvalue weighted by Gasteiger charge is 2.11. The summed E-state index contributed by atoms with van der Waals surface area (Å²) < 4.78 is 5.17. The van der Waals surface area contributed by atoms with Crippen LogP contribution in [-0.4, -0.2) is 28.4 Å². The van der Waals surface area contributed by atoms with E-state index in [2.05, 4.69) is 20.5 Å². The lowest BCUT2D eigenvalue weighted by atomic mass is 10.1. The second-order valence-electron chi connectivity index (χ2n) is 6.49. The van der Waals surface area contributed by atoms with E-state index in [0.29, 0.717) is 17.2 Å². The van der Waals surface area contributed by atoms with Crippen molar-refractivity contribution in [1.29, 1.82) is 0 Å². The fraction of sp³-hybridized carbons (Fsp3) is 0.0417. The molecule has 0 saturated carbocycles. The maximum Gasteiger partial charge on any atom is 0.165 e. The third-order valence-electron chi connectivity index (χ3n) is 4.45. The monoisotopic (exact) mass is 396 g/mol. The van der Waals surface area contributed by atoms with Gasteiger partial charge in [-0.3, -0.25) is 5.43 Å². The number of phenolic OH excluding ortho intramolecular Hbond substituents is 1. The minimum atomic E-state index is 0.121. The molecule has 2 N–H and O–H groups in total. The van der Waals surface area contributed by atoms with Gasteiger partial charge in [-0.2, -0.15) is 5.10 Å². The van der Waals surface area contributed by atoms with Crippen molar-refractivity contribution in [2.75, 3.05) is 12.5 Å². The summed E-state index contributed by atoms with van der Waals surface area (Å²) in [4.78, 5) is 9.18. The van der Waals surface area contributed by atoms with Crippen LogP contribution in [0.15, 0.2) is 90.0 Å². The number of para-hydroxylation sites is 1. The van der Waals surface area contributed by atoms with E-state index in [9.17, 15) is 5.11 Å². The number of ether oxygens (including phenoxy) is 1. The Morgan fingerprint density at radius 3 is 2.37 bits per heavy atom. The van der Waals surface area contributed by atoms with Gasteiger partial charge in [0.2, 0.25) is 0 Å². The van der Waals surface area contributed by atoms with E-state index in [-0.39, 0.29) is 5.75 Å². The van der Waals surface area contributed by atoms with E-state index in [4.69, 9.17) is 4.74 Å². The number of rotatable bonds is 6. The largest absolute Gasteiger partial charge is 0.507 e. The van der Waals surface area contributed by atoms with Gasteiger partial charge < -0.3 is 9.84 Å². The van der Waals surface area contributed by atoms with Crippen LogP contribution in [0.5, 0.6) is 11.5 Å². The van der Waals surface area contributed by atoms with Crippen LogP contribution >= 0.6 is 0 Å². The smallest absolute Gasteiger partial charge is 0.165 e. The molecule has 0 spiro atoms. The Balaban J connectivity index is 1.67. The highest BCUT2D eigenvalue weighted by molar-refractivity contribution is 5.80. The Bertz CT molecular complexity index is 1160. The number of nitrogens with zero attached hydrogens (tertiary/aromatic N) is 3. The van der Waals surface area contributed by atoms with Crippen LogP contribution in [0.1, 0.15) is 5.56 Å². The molecule has 0 fully saturated rings. The minimum Gasteiger partial charge on any atom is -0.507 e. The van der Waals surface area contributed by atoms with E-state index in [0.717, 1.165) is 22.6 Å². The van der Waals surface area contributed by atoms with Crippen molar-refractivity contribution in [2.24, 2.45) is 5.10 Å². The highest BCUT2D eigenvalue weighted by atomic mass is 16.5. The summed E-state index contributed by atoms with van der Waals surface area (Å²) in [5.74, 6) is 1.84. The number of benzene rings is 3. The lowest BCUT2D eigenvalue weighted by Gasteiger charge is -2.09. The Hall–Kier alpha value is -4.19. The van der Waals surface area contributed by atoms with Gasteiger partial charge in [0.1, 0.15) is 11.5 Å². The Kier molecular flexibility index (Phi) is 5.66. The lowest BCUT2D eigenvalue weighted by molar-refractivity contribution is 0.415. The van der Waals surface area contributed by atoms with Crippen molar-refractivity contribution in [3.63, 3.8) is 0 Å². The van der Waals surface area contributed by atoms with Crippen molar-refractivity contribution in [2.45, 2.75) is 0 Å². The number of methoxy groups -OCH3 is 1. The number of hydrogen-bond acceptors (Lipinski definition) is 6. The average molecular weight is 396 g/mol. The molecular formula is C24H20N4O2. The van der Waals surface area contributed by atoms with Gasteiger partial charge in [0.15, 0.2) is 11.6 Å². The second kappa shape index (κ2) is 8.87. The maximum atomic E-state index is 10.2. The molecule has 148 valence electrons. The summed E-state index contributed by atoms with van der Waals surface area (Å²) in [6.45, 7) is 0. The first-order valence-corrected chi connectivity index (χ1v) is 9.39. The molecule has 4 rings (SSSR count). The summed E-state index contributed by atoms with van der Waals surface area (Å²) in [5, 5.41) is 14.5. The number of aromatic nitrogens is 2. The Labute approximate surface area is 174 Å². The van der Waals surface area contributed by atoms with Crippen molar-refractivity contribution in [1.82, 2.24) is 9.97 Å². The average Bonchev–Trinajstić information content (AvgIpc) is 2.80. The topological polar surface area (TPSA) is 79.6 Å². The van der Waals surface area contributed by atoms with Gasteiger partial charge in [0.05, 0.1) is 24.6 Å². The zero-order valence-electron chi connectivity index (χ0n) is 16.4. The Morgan fingerprint density at radius 1 is 0.900 bits per heavy atom. The predicted octanol–water partition coefficient (Wildman–Crippen LogP) is 4.97. The van der Waals surface area contributed by atoms with Crippen LogP contribution in [0, 0.1) is 0 Å². The second-order valence-corrected chi connectivity index (χ2v) is 6.49. The van der Waals surface area contributed by atoms with Gasteiger partial charge in [0, 0.05) is 11.6 Å². The summed E-state index contributed by atoms with van der Waals surface area (Å²) >= 11 is 0. The number of hydrogen-bond donors (Lipinski definition) is 2. The van der Waals surface area contributed by atoms with Crippen LogP contribution < -0.4 is 10.2 Å². The third-order valence-corrected chi connectivity index (χ3v) is 4.45. The van der Waals surface area contributed by atoms with Crippen LogP contribution in [0.3, 0.4) is 0 Å². The molecule has 6 heteroatoms. The van der Waals surface area contributed by atoms with Gasteiger partial charge >= 0.3 is 0 Å². The normalized spacial score (nSPS) is 10.8. The third kappa shape index (κ3) is 4.44. The first-order valence-electron chi connectivity index (χ1n) is 9.39. The summed E-state index contributed by atoms with van der Waals surface area (Å²) in [6, 6.07) is 26.2. The van der Waals surface area contributed by atoms with E-state index >= 15 is 0 Å². The number of phenols is 1. The highest BCUT2D eigenvalue weighted by Crippen LogP contribution is 2.29. The first kappa shape index (κ1) is 19.1. The standard InChI is InChI=1S/C24H20N4O2/c1-30-19-13-11-17(12-14-19)16-25-28-23-15-21(18-7-3-2-4-8-18)26-24(27-23)20-9-5-6-10-22(20)29/h2-16,29H,1H3,(H,26,27,28). The fourth-order valence-corrected chi connectivity index (χ4v) is 2.91. The zero-order valence-corrected chi connectivity index (χ0v) is 16.4. The molecular weight excluding hydrogens is 376 g/mol. The molecule has 30 heavy (non-hydrogen) atoms. The van der Waals surface area contributed by atoms with Crippen LogP contribution in [-0.2, 0) is 0 Å². The van der Waals surface area contributed by atoms with Crippen molar-refractivity contribution >= 4 is 12.0 Å². The molecule has 0 aliphatic rings. The van der Waals surface area contributed by atoms with Crippen LogP contribution in [0.25, 0.3) is 22.6 Å². The quantitative estimate of drug-likeness (QED) is 0.355. The molecule has 6 nitrogen and oxygen atoms in total. The van der Waals surface area contributed by atoms with E-state index in [1.807, 2.05) is 66.7 Å². The van der Waals surface area contributed by atoms with Crippen molar-refractivity contribution in [3.05, 3.63) is 90.5 Å². The van der Waals surface area contributed by atoms with E-state index in [1.54, 1.807) is 31.5 Å². The molecule has 4 aromatic rings. The Morgan fingerprint density at radius 2 is 1.63 bits per heavy atom. The van der Waals surface area contributed by atoms with Gasteiger partial charge in [-0.1, -0.05) is 42.5 Å². The van der Waals surface area contributed by atoms with Gasteiger partial charge in [0.25, 0.3) is 0 Å². The number of aromatic hydroxyl groups is 1. The molecule has 0 aliphatic carbocycles. The molecule has 0 atom stereocenters. The SMILES string of the molecule is COc1ccc(C=NNc2cc(-c3ccccc3)nc(-c3ccccc3O)n2)cc1. The number of nitrogens with one attached hydrogen (secondary N) is 1. The summed E-state index contributed by atoms with van der Waals surface area (Å²) in [6.07, 6.45) is 1.70. The maximum absolute atomic E-state index is 10.2. The van der Waals surface area contributed by atoms with Gasteiger partial charge in [-0.25, -0.2) is 9.97 Å². The van der Waals surface area contributed by atoms with Crippen molar-refractivity contribution in [3.8, 4) is 34.1 Å². The minimum absolute atomic E-state index is 0.121. The molecule has 0 amide bonds. The molecule has 0 radical (unpaired) electrons. The first-order chi connectivity index (χ1) is 14.7. The molecule has 0 unspecified atom stereocenters. The van der Waals surface area contributed by atoms with Gasteiger partial charge in [-0.15, -0.1) is 0 Å². The molecule has 1 aromatic heterocycles. The van der Waals surface area contributed by atoms with Crippen molar-refractivity contribution < 1.29 is 9.84 Å². The van der Waals surface area contributed by atoms with E-state index < -0.39 is 0 Å². The zero-order chi connectivity index (χ0) is 20.8. The summed E-state index contributed by atoms with van der Waals surface area (Å²) in [5.41, 5.74) is 6.11. The van der Waals surface area contributed by atoms with E-state index in [1.165, 1.54) is 0 Å². The molecule has 1 heterocycles. The molecule has 0 saturated heterocycles. The fourth-order valence-electron chi connectivity index (χ4n) is 2.91. The van der Waals surface area contributed by atoms with Crippen LogP contribution in [0.4, 0.5) is 5.82 Å².